The van der Waals surface area contributed by atoms with Gasteiger partial charge in [0, 0.05) is 10.9 Å². The summed E-state index contributed by atoms with van der Waals surface area (Å²) in [6.07, 6.45) is 4.60. The lowest BCUT2D eigenvalue weighted by molar-refractivity contribution is 0.0697. The molecule has 1 N–H and O–H groups in total. The normalized spacial score (nSPS) is 11.2. The average Bonchev–Trinajstić information content (AvgIpc) is 2.60. The first-order valence-corrected chi connectivity index (χ1v) is 8.07. The standard InChI is InChI=1S/C20H16O3S/c1-2-15-17(10-8-13-6-4-3-5-7-13)23-18-11-9-14(20(21)22)12-16(18)19(15)24/h3-12H,2H2,1H3,(H,21,22). The van der Waals surface area contributed by atoms with Crippen LogP contribution >= 0.6 is 12.2 Å². The smallest absolute Gasteiger partial charge is 0.335 e. The molecule has 0 saturated heterocycles. The maximum absolute atomic E-state index is 11.2. The summed E-state index contributed by atoms with van der Waals surface area (Å²) in [6, 6.07) is 14.7. The van der Waals surface area contributed by atoms with Gasteiger partial charge < -0.3 is 9.52 Å². The summed E-state index contributed by atoms with van der Waals surface area (Å²) in [4.78, 5) is 11.2. The number of carboxylic acid groups (broad SMARTS) is 1. The SMILES string of the molecule is CCc1c(C=Cc2ccccc2)oc2ccc(C(=O)O)cc2c1=S. The lowest BCUT2D eigenvalue weighted by atomic mass is 10.1. The Balaban J connectivity index is 2.15. The molecule has 3 rings (SSSR count). The molecule has 0 fully saturated rings. The van der Waals surface area contributed by atoms with Crippen LogP contribution in [0.15, 0.2) is 52.9 Å². The fraction of sp³-hybridized carbons (Fsp3) is 0.100. The van der Waals surface area contributed by atoms with Crippen molar-refractivity contribution in [2.24, 2.45) is 0 Å². The van der Waals surface area contributed by atoms with Gasteiger partial charge in [0.2, 0.25) is 0 Å². The van der Waals surface area contributed by atoms with Crippen LogP contribution in [0.2, 0.25) is 0 Å². The molecule has 120 valence electrons. The van der Waals surface area contributed by atoms with Crippen molar-refractivity contribution < 1.29 is 14.3 Å². The van der Waals surface area contributed by atoms with Crippen molar-refractivity contribution >= 4 is 41.3 Å². The van der Waals surface area contributed by atoms with Crippen LogP contribution in [-0.2, 0) is 6.42 Å². The molecule has 2 aromatic carbocycles. The van der Waals surface area contributed by atoms with Crippen LogP contribution in [0.1, 0.15) is 34.2 Å². The summed E-state index contributed by atoms with van der Waals surface area (Å²) in [5, 5.41) is 9.82. The monoisotopic (exact) mass is 336 g/mol. The van der Waals surface area contributed by atoms with E-state index in [0.717, 1.165) is 11.1 Å². The zero-order valence-electron chi connectivity index (χ0n) is 13.2. The third-order valence-corrected chi connectivity index (χ3v) is 4.31. The van der Waals surface area contributed by atoms with Crippen molar-refractivity contribution in [1.29, 1.82) is 0 Å². The molecule has 1 heterocycles. The van der Waals surface area contributed by atoms with Gasteiger partial charge in [0.05, 0.1) is 10.1 Å². The van der Waals surface area contributed by atoms with E-state index in [1.54, 1.807) is 12.1 Å². The Morgan fingerprint density at radius 2 is 1.92 bits per heavy atom. The highest BCUT2D eigenvalue weighted by Gasteiger charge is 2.11. The summed E-state index contributed by atoms with van der Waals surface area (Å²) in [7, 11) is 0. The van der Waals surface area contributed by atoms with E-state index in [1.807, 2.05) is 49.4 Å². The predicted octanol–water partition coefficient (Wildman–Crippen LogP) is 5.59. The van der Waals surface area contributed by atoms with E-state index in [-0.39, 0.29) is 5.56 Å². The third-order valence-electron chi connectivity index (χ3n) is 3.84. The molecule has 0 radical (unpaired) electrons. The van der Waals surface area contributed by atoms with Crippen LogP contribution < -0.4 is 0 Å². The van der Waals surface area contributed by atoms with Gasteiger partial charge in [-0.1, -0.05) is 55.5 Å². The second kappa shape index (κ2) is 6.81. The van der Waals surface area contributed by atoms with E-state index in [1.165, 1.54) is 6.07 Å². The highest BCUT2D eigenvalue weighted by atomic mass is 32.1. The Morgan fingerprint density at radius 3 is 2.58 bits per heavy atom. The highest BCUT2D eigenvalue weighted by Crippen LogP contribution is 2.26. The van der Waals surface area contributed by atoms with Gasteiger partial charge in [-0.15, -0.1) is 0 Å². The minimum Gasteiger partial charge on any atom is -0.478 e. The van der Waals surface area contributed by atoms with Gasteiger partial charge in [-0.2, -0.15) is 0 Å². The Kier molecular flexibility index (Phi) is 4.58. The number of carboxylic acids is 1. The second-order valence-electron chi connectivity index (χ2n) is 5.39. The summed E-state index contributed by atoms with van der Waals surface area (Å²) in [5.41, 5.74) is 2.78. The zero-order chi connectivity index (χ0) is 17.1. The largest absolute Gasteiger partial charge is 0.478 e. The van der Waals surface area contributed by atoms with Crippen LogP contribution in [0, 0.1) is 4.51 Å². The minimum absolute atomic E-state index is 0.207. The van der Waals surface area contributed by atoms with Crippen molar-refractivity contribution in [3.05, 3.63) is 75.5 Å². The molecular weight excluding hydrogens is 320 g/mol. The van der Waals surface area contributed by atoms with Crippen LogP contribution in [0.4, 0.5) is 0 Å². The molecule has 4 heteroatoms. The molecule has 1 aromatic heterocycles. The first kappa shape index (κ1) is 16.1. The molecule has 0 aliphatic carbocycles. The van der Waals surface area contributed by atoms with E-state index in [2.05, 4.69) is 0 Å². The number of carbonyl (C=O) groups is 1. The summed E-state index contributed by atoms with van der Waals surface area (Å²) in [6.45, 7) is 2.01. The molecule has 0 atom stereocenters. The number of hydrogen-bond donors (Lipinski definition) is 1. The molecular formula is C20H16O3S. The Labute approximate surface area is 144 Å². The van der Waals surface area contributed by atoms with E-state index < -0.39 is 5.97 Å². The number of aromatic carboxylic acids is 1. The molecule has 0 saturated carbocycles. The number of benzene rings is 2. The van der Waals surface area contributed by atoms with E-state index in [9.17, 15) is 4.79 Å². The Morgan fingerprint density at radius 1 is 1.17 bits per heavy atom. The highest BCUT2D eigenvalue weighted by molar-refractivity contribution is 7.71. The molecule has 0 aliphatic rings. The van der Waals surface area contributed by atoms with Gasteiger partial charge in [-0.05, 0) is 36.3 Å². The van der Waals surface area contributed by atoms with Crippen LogP contribution in [0.3, 0.4) is 0 Å². The molecule has 3 aromatic rings. The van der Waals surface area contributed by atoms with Crippen molar-refractivity contribution in [3.8, 4) is 0 Å². The maximum atomic E-state index is 11.2. The molecule has 0 spiro atoms. The molecule has 0 bridgehead atoms. The van der Waals surface area contributed by atoms with Gasteiger partial charge in [0.1, 0.15) is 11.3 Å². The second-order valence-corrected chi connectivity index (χ2v) is 5.80. The molecule has 24 heavy (non-hydrogen) atoms. The van der Waals surface area contributed by atoms with Crippen LogP contribution in [0.5, 0.6) is 0 Å². The number of hydrogen-bond acceptors (Lipinski definition) is 3. The van der Waals surface area contributed by atoms with Crippen LogP contribution in [-0.4, -0.2) is 11.1 Å². The molecule has 0 unspecified atom stereocenters. The van der Waals surface area contributed by atoms with Gasteiger partial charge in [0.25, 0.3) is 0 Å². The fourth-order valence-corrected chi connectivity index (χ4v) is 2.99. The van der Waals surface area contributed by atoms with Gasteiger partial charge >= 0.3 is 5.97 Å². The summed E-state index contributed by atoms with van der Waals surface area (Å²) in [5.74, 6) is -0.265. The van der Waals surface area contributed by atoms with Crippen molar-refractivity contribution in [3.63, 3.8) is 0 Å². The van der Waals surface area contributed by atoms with E-state index in [0.29, 0.717) is 27.7 Å². The quantitative estimate of drug-likeness (QED) is 0.631. The molecule has 0 aliphatic heterocycles. The Bertz CT molecular complexity index is 985. The maximum Gasteiger partial charge on any atom is 0.335 e. The minimum atomic E-state index is -0.975. The van der Waals surface area contributed by atoms with E-state index >= 15 is 0 Å². The Hall–Kier alpha value is -2.72. The summed E-state index contributed by atoms with van der Waals surface area (Å²) < 4.78 is 6.62. The van der Waals surface area contributed by atoms with E-state index in [4.69, 9.17) is 21.7 Å². The van der Waals surface area contributed by atoms with Crippen molar-refractivity contribution in [2.75, 3.05) is 0 Å². The van der Waals surface area contributed by atoms with Gasteiger partial charge in [-0.3, -0.25) is 0 Å². The lowest BCUT2D eigenvalue weighted by Crippen LogP contribution is -1.97. The van der Waals surface area contributed by atoms with Crippen molar-refractivity contribution in [1.82, 2.24) is 0 Å². The predicted molar refractivity (Wildman–Crippen MR) is 98.8 cm³/mol. The lowest BCUT2D eigenvalue weighted by Gasteiger charge is -2.08. The first-order valence-electron chi connectivity index (χ1n) is 7.66. The number of fused-ring (bicyclic) bond motifs is 1. The fourth-order valence-electron chi connectivity index (χ4n) is 2.59. The van der Waals surface area contributed by atoms with Crippen molar-refractivity contribution in [2.45, 2.75) is 13.3 Å². The zero-order valence-corrected chi connectivity index (χ0v) is 14.0. The topological polar surface area (TPSA) is 50.4 Å². The number of rotatable bonds is 4. The van der Waals surface area contributed by atoms with Gasteiger partial charge in [-0.25, -0.2) is 4.79 Å². The van der Waals surface area contributed by atoms with Crippen LogP contribution in [0.25, 0.3) is 23.1 Å². The third kappa shape index (κ3) is 3.14. The molecule has 0 amide bonds. The molecule has 3 nitrogen and oxygen atoms in total. The average molecular weight is 336 g/mol. The van der Waals surface area contributed by atoms with Gasteiger partial charge in [0.15, 0.2) is 0 Å². The first-order chi connectivity index (χ1) is 11.6. The summed E-state index contributed by atoms with van der Waals surface area (Å²) >= 11 is 5.57.